The van der Waals surface area contributed by atoms with E-state index >= 15 is 0 Å². The smallest absolute Gasteiger partial charge is 0.254 e. The molecule has 1 saturated heterocycles. The maximum absolute atomic E-state index is 12.7. The van der Waals surface area contributed by atoms with Crippen LogP contribution in [0.3, 0.4) is 0 Å². The predicted molar refractivity (Wildman–Crippen MR) is 80.7 cm³/mol. The predicted octanol–water partition coefficient (Wildman–Crippen LogP) is 3.13. The van der Waals surface area contributed by atoms with Crippen LogP contribution in [0.1, 0.15) is 24.2 Å². The van der Waals surface area contributed by atoms with Gasteiger partial charge in [-0.25, -0.2) is 0 Å². The molecule has 0 aliphatic carbocycles. The Bertz CT molecular complexity index is 597. The van der Waals surface area contributed by atoms with Crippen molar-refractivity contribution >= 4 is 28.6 Å². The number of amides is 1. The van der Waals surface area contributed by atoms with Crippen molar-refractivity contribution in [2.24, 2.45) is 0 Å². The largest absolute Gasteiger partial charge is 0.361 e. The topological polar surface area (TPSA) is 36.1 Å². The van der Waals surface area contributed by atoms with Crippen LogP contribution in [0.2, 0.25) is 0 Å². The van der Waals surface area contributed by atoms with Gasteiger partial charge in [-0.05, 0) is 18.2 Å². The van der Waals surface area contributed by atoms with Gasteiger partial charge in [0.2, 0.25) is 0 Å². The zero-order valence-corrected chi connectivity index (χ0v) is 12.0. The number of rotatable bonds is 1. The van der Waals surface area contributed by atoms with Crippen LogP contribution in [0.4, 0.5) is 0 Å². The lowest BCUT2D eigenvalue weighted by atomic mass is 10.1. The fraction of sp³-hybridized carbons (Fsp3) is 0.400. The molecule has 0 bridgehead atoms. The minimum absolute atomic E-state index is 0.157. The number of thioether (sulfide) groups is 1. The van der Waals surface area contributed by atoms with Crippen LogP contribution in [0.5, 0.6) is 0 Å². The van der Waals surface area contributed by atoms with Crippen molar-refractivity contribution in [2.45, 2.75) is 24.3 Å². The molecule has 3 nitrogen and oxygen atoms in total. The third kappa shape index (κ3) is 2.37. The molecule has 2 atom stereocenters. The summed E-state index contributed by atoms with van der Waals surface area (Å²) in [6, 6.07) is 7.85. The molecule has 1 N–H and O–H groups in total. The number of hydrogen-bond acceptors (Lipinski definition) is 2. The van der Waals surface area contributed by atoms with Crippen molar-refractivity contribution in [3.8, 4) is 0 Å². The summed E-state index contributed by atoms with van der Waals surface area (Å²) < 4.78 is 0. The number of nitrogens with one attached hydrogen (secondary N) is 1. The minimum atomic E-state index is 0.157. The van der Waals surface area contributed by atoms with E-state index in [-0.39, 0.29) is 5.91 Å². The summed E-state index contributed by atoms with van der Waals surface area (Å²) >= 11 is 1.96. The Labute approximate surface area is 117 Å². The van der Waals surface area contributed by atoms with E-state index in [9.17, 15) is 4.79 Å². The number of carbonyl (C=O) groups is 1. The van der Waals surface area contributed by atoms with Crippen LogP contribution >= 0.6 is 11.8 Å². The van der Waals surface area contributed by atoms with Crippen LogP contribution in [0.25, 0.3) is 10.9 Å². The number of hydrogen-bond donors (Lipinski definition) is 1. The molecule has 0 saturated carbocycles. The molecule has 3 rings (SSSR count). The zero-order valence-electron chi connectivity index (χ0n) is 11.2. The molecular formula is C15H18N2OS. The Morgan fingerprint density at radius 3 is 2.74 bits per heavy atom. The Kier molecular flexibility index (Phi) is 3.27. The van der Waals surface area contributed by atoms with E-state index in [2.05, 4.69) is 18.8 Å². The highest BCUT2D eigenvalue weighted by Crippen LogP contribution is 2.27. The molecule has 1 amide bonds. The molecule has 4 heteroatoms. The third-order valence-electron chi connectivity index (χ3n) is 3.53. The highest BCUT2D eigenvalue weighted by Gasteiger charge is 2.27. The summed E-state index contributed by atoms with van der Waals surface area (Å²) in [4.78, 5) is 17.9. The molecule has 1 aromatic carbocycles. The summed E-state index contributed by atoms with van der Waals surface area (Å²) in [5.74, 6) is 0.157. The molecule has 100 valence electrons. The number of benzene rings is 1. The molecule has 1 aliphatic heterocycles. The summed E-state index contributed by atoms with van der Waals surface area (Å²) in [6.45, 7) is 6.07. The number of nitrogens with zero attached hydrogens (tertiary/aromatic N) is 1. The van der Waals surface area contributed by atoms with Gasteiger partial charge in [0.05, 0.1) is 0 Å². The minimum Gasteiger partial charge on any atom is -0.361 e. The van der Waals surface area contributed by atoms with Crippen molar-refractivity contribution in [1.29, 1.82) is 0 Å². The van der Waals surface area contributed by atoms with Gasteiger partial charge in [0.15, 0.2) is 0 Å². The molecule has 1 fully saturated rings. The first kappa shape index (κ1) is 12.6. The van der Waals surface area contributed by atoms with Crippen molar-refractivity contribution in [1.82, 2.24) is 9.88 Å². The first-order valence-electron chi connectivity index (χ1n) is 6.66. The molecule has 0 radical (unpaired) electrons. The molecular weight excluding hydrogens is 256 g/mol. The van der Waals surface area contributed by atoms with E-state index in [1.165, 1.54) is 0 Å². The molecule has 0 spiro atoms. The van der Waals surface area contributed by atoms with E-state index in [1.807, 2.05) is 47.1 Å². The van der Waals surface area contributed by atoms with E-state index in [0.717, 1.165) is 29.6 Å². The summed E-state index contributed by atoms with van der Waals surface area (Å²) in [6.07, 6.45) is 1.89. The van der Waals surface area contributed by atoms with Gasteiger partial charge in [0.25, 0.3) is 5.91 Å². The first-order valence-corrected chi connectivity index (χ1v) is 7.60. The number of aromatic nitrogens is 1. The van der Waals surface area contributed by atoms with Gasteiger partial charge in [0, 0.05) is 46.3 Å². The van der Waals surface area contributed by atoms with Gasteiger partial charge in [0.1, 0.15) is 0 Å². The number of aromatic amines is 1. The average molecular weight is 274 g/mol. The Balaban J connectivity index is 1.93. The van der Waals surface area contributed by atoms with Gasteiger partial charge in [-0.15, -0.1) is 0 Å². The standard InChI is InChI=1S/C15H18N2OS/c1-10-8-17(9-11(2)19-10)15(18)13-4-3-5-14-12(13)6-7-16-14/h3-7,10-11,16H,8-9H2,1-2H3. The SMILES string of the molecule is CC1CN(C(=O)c2cccc3[nH]ccc23)CC(C)S1. The van der Waals surface area contributed by atoms with Crippen LogP contribution in [0.15, 0.2) is 30.5 Å². The molecule has 19 heavy (non-hydrogen) atoms. The second-order valence-corrected chi connectivity index (χ2v) is 7.09. The van der Waals surface area contributed by atoms with Gasteiger partial charge < -0.3 is 9.88 Å². The van der Waals surface area contributed by atoms with E-state index < -0.39 is 0 Å². The molecule has 2 aromatic rings. The van der Waals surface area contributed by atoms with Gasteiger partial charge in [-0.3, -0.25) is 4.79 Å². The molecule has 2 unspecified atom stereocenters. The second-order valence-electron chi connectivity index (χ2n) is 5.21. The lowest BCUT2D eigenvalue weighted by Gasteiger charge is -2.34. The summed E-state index contributed by atoms with van der Waals surface area (Å²) in [7, 11) is 0. The summed E-state index contributed by atoms with van der Waals surface area (Å²) in [5.41, 5.74) is 1.84. The second kappa shape index (κ2) is 4.93. The van der Waals surface area contributed by atoms with Crippen LogP contribution in [-0.2, 0) is 0 Å². The Morgan fingerprint density at radius 2 is 2.00 bits per heavy atom. The number of carbonyl (C=O) groups excluding carboxylic acids is 1. The maximum Gasteiger partial charge on any atom is 0.254 e. The molecule has 2 heterocycles. The highest BCUT2D eigenvalue weighted by atomic mass is 32.2. The normalized spacial score (nSPS) is 23.8. The lowest BCUT2D eigenvalue weighted by molar-refractivity contribution is 0.0755. The van der Waals surface area contributed by atoms with Gasteiger partial charge in [-0.2, -0.15) is 11.8 Å². The van der Waals surface area contributed by atoms with E-state index in [4.69, 9.17) is 0 Å². The number of fused-ring (bicyclic) bond motifs is 1. The van der Waals surface area contributed by atoms with E-state index in [1.54, 1.807) is 0 Å². The maximum atomic E-state index is 12.7. The van der Waals surface area contributed by atoms with Crippen molar-refractivity contribution < 1.29 is 4.79 Å². The van der Waals surface area contributed by atoms with Crippen molar-refractivity contribution in [2.75, 3.05) is 13.1 Å². The Morgan fingerprint density at radius 1 is 1.26 bits per heavy atom. The lowest BCUT2D eigenvalue weighted by Crippen LogP contribution is -2.44. The van der Waals surface area contributed by atoms with Crippen molar-refractivity contribution in [3.63, 3.8) is 0 Å². The quantitative estimate of drug-likeness (QED) is 0.867. The Hall–Kier alpha value is -1.42. The average Bonchev–Trinajstić information content (AvgIpc) is 2.84. The highest BCUT2D eigenvalue weighted by molar-refractivity contribution is 8.00. The third-order valence-corrected chi connectivity index (χ3v) is 4.76. The molecule has 1 aliphatic rings. The van der Waals surface area contributed by atoms with Crippen LogP contribution < -0.4 is 0 Å². The zero-order chi connectivity index (χ0) is 13.4. The van der Waals surface area contributed by atoms with Gasteiger partial charge in [-0.1, -0.05) is 19.9 Å². The fourth-order valence-electron chi connectivity index (χ4n) is 2.79. The fourth-order valence-corrected chi connectivity index (χ4v) is 4.11. The first-order chi connectivity index (χ1) is 9.15. The number of H-pyrrole nitrogens is 1. The van der Waals surface area contributed by atoms with Crippen LogP contribution in [0, 0.1) is 0 Å². The van der Waals surface area contributed by atoms with Gasteiger partial charge >= 0.3 is 0 Å². The monoisotopic (exact) mass is 274 g/mol. The van der Waals surface area contributed by atoms with E-state index in [0.29, 0.717) is 10.5 Å². The van der Waals surface area contributed by atoms with Crippen LogP contribution in [-0.4, -0.2) is 39.4 Å². The summed E-state index contributed by atoms with van der Waals surface area (Å²) in [5, 5.41) is 2.04. The molecule has 1 aromatic heterocycles. The van der Waals surface area contributed by atoms with Crippen molar-refractivity contribution in [3.05, 3.63) is 36.0 Å².